The van der Waals surface area contributed by atoms with Crippen LogP contribution in [0.4, 0.5) is 11.4 Å². The maximum atomic E-state index is 13.4. The molecule has 0 N–H and O–H groups in total. The van der Waals surface area contributed by atoms with Crippen molar-refractivity contribution in [2.75, 3.05) is 49.6 Å². The number of rotatable bonds is 4. The van der Waals surface area contributed by atoms with E-state index in [9.17, 15) is 18.0 Å². The van der Waals surface area contributed by atoms with Gasteiger partial charge in [-0.2, -0.15) is 0 Å². The molecule has 9 heteroatoms. The van der Waals surface area contributed by atoms with Crippen molar-refractivity contribution in [3.63, 3.8) is 0 Å². The maximum absolute atomic E-state index is 13.4. The van der Waals surface area contributed by atoms with Crippen molar-refractivity contribution in [1.29, 1.82) is 0 Å². The number of sulfone groups is 1. The largest absolute Gasteiger partial charge is 0.497 e. The topological polar surface area (TPSA) is 87.2 Å². The van der Waals surface area contributed by atoms with Crippen LogP contribution in [-0.2, 0) is 9.84 Å². The van der Waals surface area contributed by atoms with Gasteiger partial charge in [0.2, 0.25) is 9.84 Å². The van der Waals surface area contributed by atoms with E-state index in [1.807, 2.05) is 24.3 Å². The highest BCUT2D eigenvalue weighted by Crippen LogP contribution is 2.37. The summed E-state index contributed by atoms with van der Waals surface area (Å²) < 4.78 is 32.1. The third kappa shape index (κ3) is 3.99. The number of nitrogens with zero attached hydrogens (tertiary/aromatic N) is 3. The summed E-state index contributed by atoms with van der Waals surface area (Å²) in [6, 6.07) is 18.6. The van der Waals surface area contributed by atoms with Gasteiger partial charge in [-0.3, -0.25) is 9.59 Å². The van der Waals surface area contributed by atoms with Crippen molar-refractivity contribution >= 4 is 33.0 Å². The zero-order chi connectivity index (χ0) is 25.4. The number of anilines is 2. The molecule has 0 aromatic heterocycles. The molecule has 2 amide bonds. The van der Waals surface area contributed by atoms with Crippen LogP contribution in [0.5, 0.6) is 5.75 Å². The normalized spacial score (nSPS) is 16.7. The summed E-state index contributed by atoms with van der Waals surface area (Å²) in [4.78, 5) is 32.1. The van der Waals surface area contributed by atoms with E-state index >= 15 is 0 Å². The van der Waals surface area contributed by atoms with E-state index in [4.69, 9.17) is 4.74 Å². The summed E-state index contributed by atoms with van der Waals surface area (Å²) in [5.41, 5.74) is 1.80. The van der Waals surface area contributed by atoms with E-state index in [1.165, 1.54) is 23.1 Å². The smallest absolute Gasteiger partial charge is 0.259 e. The van der Waals surface area contributed by atoms with Gasteiger partial charge in [0.05, 0.1) is 28.2 Å². The number of carbonyl (C=O) groups excluding carboxylic acids is 2. The van der Waals surface area contributed by atoms with Gasteiger partial charge in [-0.25, -0.2) is 8.42 Å². The monoisotopic (exact) mass is 505 g/mol. The predicted molar refractivity (Wildman–Crippen MR) is 137 cm³/mol. The molecule has 5 rings (SSSR count). The van der Waals surface area contributed by atoms with Crippen LogP contribution in [0.3, 0.4) is 0 Å². The molecule has 1 saturated heterocycles. The van der Waals surface area contributed by atoms with Gasteiger partial charge in [-0.1, -0.05) is 12.1 Å². The van der Waals surface area contributed by atoms with Crippen LogP contribution in [0, 0.1) is 0 Å². The lowest BCUT2D eigenvalue weighted by Gasteiger charge is -2.36. The Hall–Kier alpha value is -3.85. The van der Waals surface area contributed by atoms with Crippen molar-refractivity contribution in [1.82, 2.24) is 4.90 Å². The third-order valence-corrected chi connectivity index (χ3v) is 8.62. The van der Waals surface area contributed by atoms with Crippen LogP contribution in [0.25, 0.3) is 0 Å². The second-order valence-electron chi connectivity index (χ2n) is 8.71. The van der Waals surface area contributed by atoms with Gasteiger partial charge in [-0.05, 0) is 61.5 Å². The quantitative estimate of drug-likeness (QED) is 0.540. The van der Waals surface area contributed by atoms with Crippen molar-refractivity contribution in [2.45, 2.75) is 16.7 Å². The number of ether oxygens (including phenoxy) is 1. The summed E-state index contributed by atoms with van der Waals surface area (Å²) in [6.07, 6.45) is 0. The number of carbonyl (C=O) groups is 2. The fraction of sp³-hybridized carbons (Fsp3) is 0.259. The fourth-order valence-electron chi connectivity index (χ4n) is 4.80. The van der Waals surface area contributed by atoms with Crippen LogP contribution in [0.2, 0.25) is 0 Å². The molecular weight excluding hydrogens is 478 g/mol. The standard InChI is InChI=1S/C27H27N3O5S/c1-3-30-23-18-19(8-13-25(23)36(33,34)24-7-5-4-6-22(24)27(30)32)26(31)29-16-14-28(15-17-29)20-9-11-21(35-2)12-10-20/h4-13,18H,3,14-17H2,1-2H3. The van der Waals surface area contributed by atoms with Crippen molar-refractivity contribution in [2.24, 2.45) is 0 Å². The lowest BCUT2D eigenvalue weighted by molar-refractivity contribution is 0.0746. The highest BCUT2D eigenvalue weighted by Gasteiger charge is 2.35. The van der Waals surface area contributed by atoms with E-state index in [0.717, 1.165) is 11.4 Å². The van der Waals surface area contributed by atoms with E-state index in [0.29, 0.717) is 31.7 Å². The molecule has 0 saturated carbocycles. The Morgan fingerprint density at radius 1 is 0.917 bits per heavy atom. The molecule has 0 unspecified atom stereocenters. The van der Waals surface area contributed by atoms with Gasteiger partial charge in [0, 0.05) is 44.0 Å². The van der Waals surface area contributed by atoms with Crippen molar-refractivity contribution in [3.8, 4) is 5.75 Å². The summed E-state index contributed by atoms with van der Waals surface area (Å²) in [5, 5.41) is 0. The SMILES string of the molecule is CCN1C(=O)c2ccccc2S(=O)(=O)c2ccc(C(=O)N3CCN(c4ccc(OC)cc4)CC3)cc21. The Balaban J connectivity index is 1.41. The van der Waals surface area contributed by atoms with E-state index in [-0.39, 0.29) is 33.5 Å². The Bertz CT molecular complexity index is 1430. The van der Waals surface area contributed by atoms with Gasteiger partial charge in [0.1, 0.15) is 5.75 Å². The van der Waals surface area contributed by atoms with Gasteiger partial charge in [-0.15, -0.1) is 0 Å². The Morgan fingerprint density at radius 3 is 2.28 bits per heavy atom. The molecule has 0 atom stereocenters. The van der Waals surface area contributed by atoms with E-state index in [1.54, 1.807) is 43.2 Å². The average Bonchev–Trinajstić information content (AvgIpc) is 2.99. The number of hydrogen-bond donors (Lipinski definition) is 0. The summed E-state index contributed by atoms with van der Waals surface area (Å²) in [6.45, 7) is 4.46. The highest BCUT2D eigenvalue weighted by atomic mass is 32.2. The fourth-order valence-corrected chi connectivity index (χ4v) is 6.43. The molecule has 1 fully saturated rings. The molecule has 36 heavy (non-hydrogen) atoms. The van der Waals surface area contributed by atoms with Gasteiger partial charge in [0.25, 0.3) is 11.8 Å². The minimum Gasteiger partial charge on any atom is -0.497 e. The molecule has 2 heterocycles. The Labute approximate surface area is 210 Å². The number of benzene rings is 3. The van der Waals surface area contributed by atoms with E-state index < -0.39 is 15.7 Å². The third-order valence-electron chi connectivity index (χ3n) is 6.76. The second kappa shape index (κ2) is 9.31. The Kier molecular flexibility index (Phi) is 6.17. The lowest BCUT2D eigenvalue weighted by atomic mass is 10.1. The molecule has 2 aliphatic rings. The molecule has 8 nitrogen and oxygen atoms in total. The molecule has 2 aliphatic heterocycles. The van der Waals surface area contributed by atoms with Crippen LogP contribution in [0.15, 0.2) is 76.5 Å². The lowest BCUT2D eigenvalue weighted by Crippen LogP contribution is -2.48. The molecule has 3 aromatic carbocycles. The molecular formula is C27H27N3O5S. The molecule has 0 spiro atoms. The second-order valence-corrected chi connectivity index (χ2v) is 10.6. The number of fused-ring (bicyclic) bond motifs is 2. The van der Waals surface area contributed by atoms with Crippen molar-refractivity contribution in [3.05, 3.63) is 77.9 Å². The summed E-state index contributed by atoms with van der Waals surface area (Å²) in [7, 11) is -2.30. The summed E-state index contributed by atoms with van der Waals surface area (Å²) in [5.74, 6) is 0.212. The minimum atomic E-state index is -3.93. The zero-order valence-electron chi connectivity index (χ0n) is 20.2. The van der Waals surface area contributed by atoms with Gasteiger partial charge < -0.3 is 19.4 Å². The molecule has 186 valence electrons. The number of amides is 2. The van der Waals surface area contributed by atoms with Crippen LogP contribution in [0.1, 0.15) is 27.6 Å². The number of hydrogen-bond acceptors (Lipinski definition) is 6. The van der Waals surface area contributed by atoms with Crippen molar-refractivity contribution < 1.29 is 22.7 Å². The average molecular weight is 506 g/mol. The molecule has 0 aliphatic carbocycles. The first-order chi connectivity index (χ1) is 17.3. The highest BCUT2D eigenvalue weighted by molar-refractivity contribution is 7.91. The molecule has 3 aromatic rings. The van der Waals surface area contributed by atoms with Gasteiger partial charge >= 0.3 is 0 Å². The number of piperazine rings is 1. The van der Waals surface area contributed by atoms with Gasteiger partial charge in [0.15, 0.2) is 0 Å². The minimum absolute atomic E-state index is 0.0130. The first-order valence-electron chi connectivity index (χ1n) is 11.8. The summed E-state index contributed by atoms with van der Waals surface area (Å²) >= 11 is 0. The van der Waals surface area contributed by atoms with Crippen LogP contribution in [-0.4, -0.2) is 65.0 Å². The first kappa shape index (κ1) is 23.9. The predicted octanol–water partition coefficient (Wildman–Crippen LogP) is 3.47. The van der Waals surface area contributed by atoms with E-state index in [2.05, 4.69) is 4.90 Å². The van der Waals surface area contributed by atoms with Crippen LogP contribution >= 0.6 is 0 Å². The molecule has 0 bridgehead atoms. The first-order valence-corrected chi connectivity index (χ1v) is 13.3. The Morgan fingerprint density at radius 2 is 1.61 bits per heavy atom. The van der Waals surface area contributed by atoms with Crippen LogP contribution < -0.4 is 14.5 Å². The number of methoxy groups -OCH3 is 1. The molecule has 0 radical (unpaired) electrons. The maximum Gasteiger partial charge on any atom is 0.259 e. The zero-order valence-corrected chi connectivity index (χ0v) is 21.0.